The van der Waals surface area contributed by atoms with Gasteiger partial charge in [-0.15, -0.1) is 11.7 Å². The van der Waals surface area contributed by atoms with Crippen LogP contribution in [0.3, 0.4) is 0 Å². The summed E-state index contributed by atoms with van der Waals surface area (Å²) in [6.07, 6.45) is 10.8. The van der Waals surface area contributed by atoms with E-state index in [-0.39, 0.29) is 35.5 Å². The Bertz CT molecular complexity index is 2020. The number of nitrogens with one attached hydrogen (secondary N) is 1. The minimum Gasteiger partial charge on any atom is -0.460 e. The number of aromatic nitrogens is 8. The summed E-state index contributed by atoms with van der Waals surface area (Å²) in [5.74, 6) is 0.414. The van der Waals surface area contributed by atoms with Crippen LogP contribution in [0.15, 0.2) is 49.8 Å². The van der Waals surface area contributed by atoms with Gasteiger partial charge in [-0.25, -0.2) is 19.6 Å². The monoisotopic (exact) mass is 722 g/mol. The lowest BCUT2D eigenvalue weighted by Gasteiger charge is -2.61. The van der Waals surface area contributed by atoms with E-state index in [0.717, 1.165) is 73.7 Å². The number of hydrogen-bond acceptors (Lipinski definition) is 12. The number of fused-ring (bicyclic) bond motifs is 1. The Kier molecular flexibility index (Phi) is 8.96. The highest BCUT2D eigenvalue weighted by Crippen LogP contribution is 2.68. The summed E-state index contributed by atoms with van der Waals surface area (Å²) >= 11 is 0. The fraction of sp³-hybridized carbons (Fsp3) is 0.590. The summed E-state index contributed by atoms with van der Waals surface area (Å²) in [4.78, 5) is 48.1. The quantitative estimate of drug-likeness (QED) is 0.200. The number of aliphatic hydroxyl groups excluding tert-OH is 1. The summed E-state index contributed by atoms with van der Waals surface area (Å²) in [5.41, 5.74) is 2.10. The SMILES string of the molecule is C=C[C@]1(C)C[C@@H](OC(=O)Cn2cc(-c3ccc(Cn4cnc5c(N6CCNCC6)ncnc54)nc3)nn2)[C@]2(C)C(C)CC[C@]3(CCC(=O)[C@H]32)[C@@H](C)[C@@H]1O. The zero-order valence-corrected chi connectivity index (χ0v) is 31.1. The third kappa shape index (κ3) is 5.85. The van der Waals surface area contributed by atoms with Gasteiger partial charge < -0.3 is 24.6 Å². The molecule has 0 radical (unpaired) electrons. The smallest absolute Gasteiger partial charge is 0.328 e. The van der Waals surface area contributed by atoms with Crippen LogP contribution in [0.2, 0.25) is 0 Å². The number of aliphatic hydroxyl groups is 1. The number of nitrogens with zero attached hydrogens (tertiary/aromatic N) is 9. The summed E-state index contributed by atoms with van der Waals surface area (Å²) in [7, 11) is 0. The maximum atomic E-state index is 13.7. The zero-order valence-electron chi connectivity index (χ0n) is 31.1. The average Bonchev–Trinajstić information content (AvgIpc) is 3.90. The topological polar surface area (TPSA) is 166 Å². The van der Waals surface area contributed by atoms with Gasteiger partial charge >= 0.3 is 5.97 Å². The van der Waals surface area contributed by atoms with Crippen LogP contribution in [0, 0.1) is 34.0 Å². The molecule has 4 aromatic rings. The number of carbonyl (C=O) groups excluding carboxylic acids is 2. The number of Topliss-reactive ketones (excluding diaryl/α,β-unsaturated/α-hetero) is 1. The number of carbonyl (C=O) groups is 2. The number of ketones is 1. The highest BCUT2D eigenvalue weighted by atomic mass is 16.5. The lowest BCUT2D eigenvalue weighted by atomic mass is 9.44. The first-order valence-electron chi connectivity index (χ1n) is 19.0. The van der Waals surface area contributed by atoms with Crippen LogP contribution in [-0.4, -0.2) is 94.7 Å². The van der Waals surface area contributed by atoms with Gasteiger partial charge in [0.15, 0.2) is 17.0 Å². The molecule has 3 saturated carbocycles. The van der Waals surface area contributed by atoms with Crippen molar-refractivity contribution in [2.45, 2.75) is 85.1 Å². The maximum absolute atomic E-state index is 13.7. The van der Waals surface area contributed by atoms with Crippen LogP contribution in [0.25, 0.3) is 22.4 Å². The molecule has 0 spiro atoms. The van der Waals surface area contributed by atoms with Crippen LogP contribution in [0.1, 0.15) is 65.5 Å². The van der Waals surface area contributed by atoms with Crippen molar-refractivity contribution < 1.29 is 19.4 Å². The predicted octanol–water partition coefficient (Wildman–Crippen LogP) is 3.84. The predicted molar refractivity (Wildman–Crippen MR) is 197 cm³/mol. The number of piperazine rings is 1. The van der Waals surface area contributed by atoms with Crippen LogP contribution >= 0.6 is 0 Å². The lowest BCUT2D eigenvalue weighted by Crippen LogP contribution is -2.63. The van der Waals surface area contributed by atoms with Gasteiger partial charge in [-0.05, 0) is 55.1 Å². The molecule has 2 N–H and O–H groups in total. The Morgan fingerprint density at radius 2 is 1.94 bits per heavy atom. The van der Waals surface area contributed by atoms with Gasteiger partial charge in [0.25, 0.3) is 0 Å². The molecule has 8 rings (SSSR count). The number of anilines is 1. The van der Waals surface area contributed by atoms with E-state index < -0.39 is 29.0 Å². The van der Waals surface area contributed by atoms with Crippen LogP contribution in [0.4, 0.5) is 5.82 Å². The van der Waals surface area contributed by atoms with Crippen molar-refractivity contribution in [3.8, 4) is 11.3 Å². The van der Waals surface area contributed by atoms with Crippen molar-refractivity contribution >= 4 is 28.7 Å². The van der Waals surface area contributed by atoms with E-state index in [1.807, 2.05) is 29.7 Å². The molecule has 280 valence electrons. The first-order valence-corrected chi connectivity index (χ1v) is 19.0. The fourth-order valence-corrected chi connectivity index (χ4v) is 10.3. The first-order chi connectivity index (χ1) is 25.5. The van der Waals surface area contributed by atoms with Crippen molar-refractivity contribution in [1.29, 1.82) is 0 Å². The molecule has 4 fully saturated rings. The molecule has 0 amide bonds. The molecule has 4 aliphatic rings. The number of rotatable bonds is 8. The summed E-state index contributed by atoms with van der Waals surface area (Å²) in [6, 6.07) is 3.87. The summed E-state index contributed by atoms with van der Waals surface area (Å²) in [5, 5.41) is 23.7. The normalized spacial score (nSPS) is 33.0. The number of pyridine rings is 1. The summed E-state index contributed by atoms with van der Waals surface area (Å²) in [6.45, 7) is 16.4. The molecule has 3 aliphatic carbocycles. The molecule has 14 nitrogen and oxygen atoms in total. The van der Waals surface area contributed by atoms with Gasteiger partial charge in [-0.1, -0.05) is 39.0 Å². The molecule has 1 unspecified atom stereocenters. The molecule has 1 saturated heterocycles. The number of imidazole rings is 1. The highest BCUT2D eigenvalue weighted by Gasteiger charge is 2.68. The van der Waals surface area contributed by atoms with E-state index in [4.69, 9.17) is 4.74 Å². The van der Waals surface area contributed by atoms with Gasteiger partial charge in [-0.3, -0.25) is 14.6 Å². The molecule has 4 aromatic heterocycles. The molecule has 1 aliphatic heterocycles. The number of ether oxygens (including phenoxy) is 1. The number of esters is 1. The molecule has 0 aromatic carbocycles. The fourth-order valence-electron chi connectivity index (χ4n) is 10.3. The lowest BCUT2D eigenvalue weighted by molar-refractivity contribution is -0.207. The largest absolute Gasteiger partial charge is 0.460 e. The van der Waals surface area contributed by atoms with E-state index in [2.05, 4.69) is 67.8 Å². The average molecular weight is 723 g/mol. The van der Waals surface area contributed by atoms with Crippen LogP contribution < -0.4 is 10.2 Å². The standard InChI is InChI=1S/C39H50N10O4/c1-6-37(4)17-30(38(5)24(2)9-11-39(25(3)34(37)52)12-10-29(50)33(38)39)53-31(51)21-49-20-28(45-46-49)26-7-8-27(41-18-26)19-48-23-44-32-35(42-22-43-36(32)48)47-15-13-40-14-16-47/h6-8,18,20,22-25,30,33-34,40,52H,1,9-17,19,21H2,2-5H3/t24?,25-,30+,33-,34-,37+,38-,39-/m0/s1. The van der Waals surface area contributed by atoms with Crippen molar-refractivity contribution in [1.82, 2.24) is 44.8 Å². The van der Waals surface area contributed by atoms with E-state index in [9.17, 15) is 14.7 Å². The van der Waals surface area contributed by atoms with Crippen molar-refractivity contribution in [3.05, 3.63) is 55.5 Å². The first kappa shape index (κ1) is 35.5. The Morgan fingerprint density at radius 3 is 2.70 bits per heavy atom. The third-order valence-electron chi connectivity index (χ3n) is 13.7. The summed E-state index contributed by atoms with van der Waals surface area (Å²) < 4.78 is 9.85. The molecule has 2 bridgehead atoms. The second kappa shape index (κ2) is 13.4. The molecular formula is C39H50N10O4. The minimum absolute atomic E-state index is 0.0847. The second-order valence-electron chi connectivity index (χ2n) is 16.4. The molecule has 53 heavy (non-hydrogen) atoms. The van der Waals surface area contributed by atoms with Crippen molar-refractivity contribution in [2.75, 3.05) is 31.1 Å². The van der Waals surface area contributed by atoms with E-state index in [1.54, 1.807) is 25.0 Å². The van der Waals surface area contributed by atoms with Crippen LogP contribution in [0.5, 0.6) is 0 Å². The third-order valence-corrected chi connectivity index (χ3v) is 13.7. The number of hydrogen-bond donors (Lipinski definition) is 2. The van der Waals surface area contributed by atoms with E-state index in [0.29, 0.717) is 25.1 Å². The van der Waals surface area contributed by atoms with E-state index in [1.165, 1.54) is 4.68 Å². The molecule has 14 heteroatoms. The van der Waals surface area contributed by atoms with Crippen LogP contribution in [-0.2, 0) is 27.4 Å². The Balaban J connectivity index is 0.972. The van der Waals surface area contributed by atoms with Gasteiger partial charge in [0.2, 0.25) is 0 Å². The Hall–Kier alpha value is -4.56. The zero-order chi connectivity index (χ0) is 37.1. The highest BCUT2D eigenvalue weighted by molar-refractivity contribution is 5.86. The van der Waals surface area contributed by atoms with Crippen molar-refractivity contribution in [2.24, 2.45) is 34.0 Å². The Labute approximate surface area is 309 Å². The minimum atomic E-state index is -0.714. The van der Waals surface area contributed by atoms with Gasteiger partial charge in [0.05, 0.1) is 30.9 Å². The van der Waals surface area contributed by atoms with Gasteiger partial charge in [0, 0.05) is 61.1 Å². The van der Waals surface area contributed by atoms with Gasteiger partial charge in [0.1, 0.15) is 30.5 Å². The van der Waals surface area contributed by atoms with Crippen molar-refractivity contribution in [3.63, 3.8) is 0 Å². The maximum Gasteiger partial charge on any atom is 0.328 e. The molecule has 8 atom stereocenters. The van der Waals surface area contributed by atoms with E-state index >= 15 is 0 Å². The molecule has 5 heterocycles. The van der Waals surface area contributed by atoms with Gasteiger partial charge in [-0.2, -0.15) is 0 Å². The Morgan fingerprint density at radius 1 is 1.13 bits per heavy atom. The molecular weight excluding hydrogens is 672 g/mol. The second-order valence-corrected chi connectivity index (χ2v) is 16.4.